The van der Waals surface area contributed by atoms with Gasteiger partial charge in [-0.05, 0) is 46.4 Å². The maximum Gasteiger partial charge on any atom is 0.0410 e. The minimum atomic E-state index is 0.554. The van der Waals surface area contributed by atoms with Crippen LogP contribution in [-0.2, 0) is 0 Å². The molecule has 0 aliphatic carbocycles. The van der Waals surface area contributed by atoms with Crippen molar-refractivity contribution in [2.75, 3.05) is 13.1 Å². The lowest BCUT2D eigenvalue weighted by atomic mass is 10.0. The van der Waals surface area contributed by atoms with E-state index in [4.69, 9.17) is 0 Å². The first-order chi connectivity index (χ1) is 8.13. The average Bonchev–Trinajstić information content (AvgIpc) is 2.28. The predicted molar refractivity (Wildman–Crippen MR) is 77.9 cm³/mol. The minimum Gasteiger partial charge on any atom is -0.313 e. The molecule has 0 spiro atoms. The zero-order valence-corrected chi connectivity index (χ0v) is 12.4. The van der Waals surface area contributed by atoms with Crippen molar-refractivity contribution in [3.63, 3.8) is 0 Å². The lowest BCUT2D eigenvalue weighted by Gasteiger charge is -2.12. The number of hydrogen-bond acceptors (Lipinski definition) is 2. The Labute approximate surface area is 113 Å². The normalized spacial score (nSPS) is 12.2. The second-order valence-corrected chi connectivity index (χ2v) is 5.40. The van der Waals surface area contributed by atoms with Gasteiger partial charge in [0, 0.05) is 23.4 Å². The number of nitrogens with zero attached hydrogens (tertiary/aromatic N) is 1. The van der Waals surface area contributed by atoms with Gasteiger partial charge in [-0.25, -0.2) is 0 Å². The van der Waals surface area contributed by atoms with Gasteiger partial charge in [-0.15, -0.1) is 0 Å². The van der Waals surface area contributed by atoms with Crippen LogP contribution < -0.4 is 5.32 Å². The van der Waals surface area contributed by atoms with Gasteiger partial charge in [-0.2, -0.15) is 0 Å². The fourth-order valence-corrected chi connectivity index (χ4v) is 1.94. The molecular weight excluding hydrogens is 276 g/mol. The third kappa shape index (κ3) is 5.46. The second-order valence-electron chi connectivity index (χ2n) is 4.49. The van der Waals surface area contributed by atoms with E-state index in [9.17, 15) is 0 Å². The molecule has 1 heterocycles. The Morgan fingerprint density at radius 3 is 2.82 bits per heavy atom. The van der Waals surface area contributed by atoms with E-state index >= 15 is 0 Å². The summed E-state index contributed by atoms with van der Waals surface area (Å²) in [7, 11) is 0. The van der Waals surface area contributed by atoms with Gasteiger partial charge in [0.05, 0.1) is 0 Å². The fourth-order valence-electron chi connectivity index (χ4n) is 1.55. The van der Waals surface area contributed by atoms with Crippen LogP contribution in [0, 0.1) is 5.92 Å². The molecule has 0 bridgehead atoms. The third-order valence-corrected chi connectivity index (χ3v) is 3.01. The van der Waals surface area contributed by atoms with Gasteiger partial charge < -0.3 is 5.32 Å². The molecule has 1 N–H and O–H groups in total. The Morgan fingerprint density at radius 1 is 1.47 bits per heavy atom. The fraction of sp³-hybridized carbons (Fsp3) is 0.500. The van der Waals surface area contributed by atoms with Gasteiger partial charge in [0.2, 0.25) is 0 Å². The molecule has 0 saturated heterocycles. The van der Waals surface area contributed by atoms with E-state index < -0.39 is 0 Å². The molecule has 1 rings (SSSR count). The van der Waals surface area contributed by atoms with E-state index in [2.05, 4.69) is 59.1 Å². The topological polar surface area (TPSA) is 24.9 Å². The molecule has 1 aromatic rings. The van der Waals surface area contributed by atoms with E-state index in [1.807, 2.05) is 12.4 Å². The third-order valence-electron chi connectivity index (χ3n) is 2.58. The number of rotatable bonds is 6. The molecule has 0 fully saturated rings. The minimum absolute atomic E-state index is 0.554. The Balaban J connectivity index is 2.75. The Bertz CT molecular complexity index is 372. The predicted octanol–water partition coefficient (Wildman–Crippen LogP) is 3.88. The van der Waals surface area contributed by atoms with Crippen molar-refractivity contribution in [3.05, 3.63) is 34.1 Å². The smallest absolute Gasteiger partial charge is 0.0410 e. The summed E-state index contributed by atoms with van der Waals surface area (Å²) in [6.45, 7) is 8.67. The first-order valence-corrected chi connectivity index (χ1v) is 6.94. The van der Waals surface area contributed by atoms with Crippen LogP contribution in [0.1, 0.15) is 32.8 Å². The van der Waals surface area contributed by atoms with Crippen LogP contribution in [0.5, 0.6) is 0 Å². The highest BCUT2D eigenvalue weighted by Crippen LogP contribution is 2.16. The Kier molecular flexibility index (Phi) is 6.45. The molecule has 0 radical (unpaired) electrons. The highest BCUT2D eigenvalue weighted by atomic mass is 79.9. The van der Waals surface area contributed by atoms with Crippen molar-refractivity contribution in [2.24, 2.45) is 5.92 Å². The summed E-state index contributed by atoms with van der Waals surface area (Å²) in [5.74, 6) is 0.554. The van der Waals surface area contributed by atoms with E-state index in [0.29, 0.717) is 5.92 Å². The summed E-state index contributed by atoms with van der Waals surface area (Å²) in [5, 5.41) is 3.45. The highest BCUT2D eigenvalue weighted by Gasteiger charge is 2.03. The quantitative estimate of drug-likeness (QED) is 0.806. The molecule has 0 saturated carbocycles. The van der Waals surface area contributed by atoms with E-state index in [1.54, 1.807) is 0 Å². The van der Waals surface area contributed by atoms with E-state index in [1.165, 1.54) is 12.0 Å². The van der Waals surface area contributed by atoms with Crippen LogP contribution in [-0.4, -0.2) is 18.1 Å². The number of halogens is 1. The second kappa shape index (κ2) is 7.62. The maximum absolute atomic E-state index is 4.18. The van der Waals surface area contributed by atoms with Gasteiger partial charge in [-0.1, -0.05) is 32.4 Å². The maximum atomic E-state index is 4.18. The molecule has 0 amide bonds. The molecule has 0 atom stereocenters. The van der Waals surface area contributed by atoms with E-state index in [-0.39, 0.29) is 0 Å². The van der Waals surface area contributed by atoms with Crippen molar-refractivity contribution in [1.29, 1.82) is 0 Å². The van der Waals surface area contributed by atoms with Crippen molar-refractivity contribution in [2.45, 2.75) is 27.2 Å². The van der Waals surface area contributed by atoms with Crippen LogP contribution in [0.25, 0.3) is 6.08 Å². The summed E-state index contributed by atoms with van der Waals surface area (Å²) in [4.78, 5) is 4.18. The summed E-state index contributed by atoms with van der Waals surface area (Å²) in [6, 6.07) is 2.09. The molecule has 0 aromatic carbocycles. The summed E-state index contributed by atoms with van der Waals surface area (Å²) >= 11 is 3.45. The van der Waals surface area contributed by atoms with Gasteiger partial charge in [-0.3, -0.25) is 4.98 Å². The molecule has 0 unspecified atom stereocenters. The summed E-state index contributed by atoms with van der Waals surface area (Å²) in [5.41, 5.74) is 2.57. The SMILES string of the molecule is CCCNC/C(=C/c1cncc(Br)c1)C(C)C. The van der Waals surface area contributed by atoms with Gasteiger partial charge in [0.1, 0.15) is 0 Å². The molecule has 0 aliphatic rings. The van der Waals surface area contributed by atoms with Crippen LogP contribution in [0.3, 0.4) is 0 Å². The first kappa shape index (κ1) is 14.4. The van der Waals surface area contributed by atoms with Gasteiger partial charge >= 0.3 is 0 Å². The molecule has 0 aliphatic heterocycles. The summed E-state index contributed by atoms with van der Waals surface area (Å²) in [6.07, 6.45) is 7.10. The van der Waals surface area contributed by atoms with Crippen molar-refractivity contribution >= 4 is 22.0 Å². The van der Waals surface area contributed by atoms with Crippen LogP contribution in [0.15, 0.2) is 28.5 Å². The molecular formula is C14H21BrN2. The van der Waals surface area contributed by atoms with Crippen LogP contribution in [0.4, 0.5) is 0 Å². The lowest BCUT2D eigenvalue weighted by molar-refractivity contribution is 0.657. The lowest BCUT2D eigenvalue weighted by Crippen LogP contribution is -2.19. The van der Waals surface area contributed by atoms with Crippen molar-refractivity contribution in [3.8, 4) is 0 Å². The molecule has 17 heavy (non-hydrogen) atoms. The van der Waals surface area contributed by atoms with Gasteiger partial charge in [0.15, 0.2) is 0 Å². The molecule has 1 aromatic heterocycles. The molecule has 94 valence electrons. The standard InChI is InChI=1S/C14H21BrN2/c1-4-5-16-9-13(11(2)3)6-12-7-14(15)10-17-8-12/h6-8,10-11,16H,4-5,9H2,1-3H3/b13-6-. The first-order valence-electron chi connectivity index (χ1n) is 6.15. The number of pyridine rings is 1. The monoisotopic (exact) mass is 296 g/mol. The van der Waals surface area contributed by atoms with E-state index in [0.717, 1.165) is 23.1 Å². The number of hydrogen-bond donors (Lipinski definition) is 1. The van der Waals surface area contributed by atoms with Crippen LogP contribution in [0.2, 0.25) is 0 Å². The number of nitrogens with one attached hydrogen (secondary N) is 1. The van der Waals surface area contributed by atoms with Crippen LogP contribution >= 0.6 is 15.9 Å². The number of aromatic nitrogens is 1. The molecule has 2 nitrogen and oxygen atoms in total. The zero-order valence-electron chi connectivity index (χ0n) is 10.8. The van der Waals surface area contributed by atoms with Crippen molar-refractivity contribution < 1.29 is 0 Å². The largest absolute Gasteiger partial charge is 0.313 e. The average molecular weight is 297 g/mol. The summed E-state index contributed by atoms with van der Waals surface area (Å²) < 4.78 is 1.02. The Hall–Kier alpha value is -0.670. The van der Waals surface area contributed by atoms with Gasteiger partial charge in [0.25, 0.3) is 0 Å². The van der Waals surface area contributed by atoms with Crippen molar-refractivity contribution in [1.82, 2.24) is 10.3 Å². The zero-order chi connectivity index (χ0) is 12.7. The highest BCUT2D eigenvalue weighted by molar-refractivity contribution is 9.10. The molecule has 3 heteroatoms. The Morgan fingerprint density at radius 2 is 2.24 bits per heavy atom.